The molecular weight excluding hydrogens is 314 g/mol. The van der Waals surface area contributed by atoms with E-state index in [0.29, 0.717) is 36.0 Å². The molecule has 1 aromatic heterocycles. The minimum absolute atomic E-state index is 0.0611. The normalized spacial score (nSPS) is 18.4. The molecule has 2 aliphatic rings. The Morgan fingerprint density at radius 2 is 1.80 bits per heavy atom. The van der Waals surface area contributed by atoms with Gasteiger partial charge in [0.25, 0.3) is 5.56 Å². The Kier molecular flexibility index (Phi) is 4.55. The summed E-state index contributed by atoms with van der Waals surface area (Å²) in [5, 5.41) is 0.615. The molecule has 0 unspecified atom stereocenters. The van der Waals surface area contributed by atoms with Gasteiger partial charge >= 0.3 is 0 Å². The first-order valence-electron chi connectivity index (χ1n) is 9.49. The van der Waals surface area contributed by atoms with Gasteiger partial charge in [-0.2, -0.15) is 0 Å². The molecule has 1 aromatic carbocycles. The highest BCUT2D eigenvalue weighted by atomic mass is 16.2. The number of nitrogens with zero attached hydrogens (tertiary/aromatic N) is 3. The number of hydrogen-bond donors (Lipinski definition) is 0. The van der Waals surface area contributed by atoms with Gasteiger partial charge in [0, 0.05) is 25.0 Å². The highest BCUT2D eigenvalue weighted by Gasteiger charge is 2.37. The third kappa shape index (κ3) is 3.46. The van der Waals surface area contributed by atoms with Crippen LogP contribution in [-0.2, 0) is 11.3 Å². The Balaban J connectivity index is 1.47. The molecule has 0 bridgehead atoms. The quantitative estimate of drug-likeness (QED) is 0.841. The number of fused-ring (bicyclic) bond motifs is 1. The van der Waals surface area contributed by atoms with E-state index in [1.807, 2.05) is 18.2 Å². The summed E-state index contributed by atoms with van der Waals surface area (Å²) in [6.45, 7) is 0.408. The summed E-state index contributed by atoms with van der Waals surface area (Å²) >= 11 is 0. The van der Waals surface area contributed by atoms with E-state index in [1.54, 1.807) is 17.0 Å². The van der Waals surface area contributed by atoms with Gasteiger partial charge in [-0.3, -0.25) is 14.2 Å². The molecule has 0 N–H and O–H groups in total. The average Bonchev–Trinajstić information content (AvgIpc) is 3.47. The molecule has 5 heteroatoms. The summed E-state index contributed by atoms with van der Waals surface area (Å²) < 4.78 is 1.58. The number of aromatic nitrogens is 2. The molecule has 1 heterocycles. The van der Waals surface area contributed by atoms with Gasteiger partial charge in [0.15, 0.2) is 0 Å². The van der Waals surface area contributed by atoms with E-state index in [-0.39, 0.29) is 11.5 Å². The number of para-hydroxylation sites is 1. The molecule has 0 spiro atoms. The molecule has 0 aliphatic heterocycles. The van der Waals surface area contributed by atoms with Crippen LogP contribution in [0, 0.1) is 0 Å². The van der Waals surface area contributed by atoms with Gasteiger partial charge in [-0.15, -0.1) is 0 Å². The van der Waals surface area contributed by atoms with Crippen molar-refractivity contribution in [3.8, 4) is 0 Å². The molecule has 4 rings (SSSR count). The molecule has 2 fully saturated rings. The van der Waals surface area contributed by atoms with Crippen LogP contribution < -0.4 is 5.56 Å². The van der Waals surface area contributed by atoms with Gasteiger partial charge in [0.1, 0.15) is 0 Å². The number of hydrogen-bond acceptors (Lipinski definition) is 3. The minimum Gasteiger partial charge on any atom is -0.337 e. The summed E-state index contributed by atoms with van der Waals surface area (Å²) in [5.41, 5.74) is 0.644. The van der Waals surface area contributed by atoms with Crippen LogP contribution >= 0.6 is 0 Å². The average molecular weight is 339 g/mol. The highest BCUT2D eigenvalue weighted by molar-refractivity contribution is 5.78. The first-order chi connectivity index (χ1) is 12.2. The Labute approximate surface area is 147 Å². The van der Waals surface area contributed by atoms with Crippen molar-refractivity contribution < 1.29 is 4.79 Å². The summed E-state index contributed by atoms with van der Waals surface area (Å²) in [4.78, 5) is 31.9. The maximum atomic E-state index is 12.9. The van der Waals surface area contributed by atoms with Crippen LogP contribution in [0.25, 0.3) is 10.9 Å². The van der Waals surface area contributed by atoms with E-state index in [1.165, 1.54) is 19.3 Å². The molecule has 1 amide bonds. The summed E-state index contributed by atoms with van der Waals surface area (Å²) in [6.07, 6.45) is 10.3. The van der Waals surface area contributed by atoms with Gasteiger partial charge < -0.3 is 4.90 Å². The fourth-order valence-electron chi connectivity index (χ4n) is 4.03. The molecule has 132 valence electrons. The summed E-state index contributed by atoms with van der Waals surface area (Å²) in [6, 6.07) is 8.22. The fraction of sp³-hybridized carbons (Fsp3) is 0.550. The molecule has 0 radical (unpaired) electrons. The van der Waals surface area contributed by atoms with Crippen molar-refractivity contribution >= 4 is 16.8 Å². The largest absolute Gasteiger partial charge is 0.337 e. The number of carbonyl (C=O) groups is 1. The van der Waals surface area contributed by atoms with Gasteiger partial charge in [-0.05, 0) is 37.8 Å². The van der Waals surface area contributed by atoms with Crippen molar-refractivity contribution in [2.45, 2.75) is 70.0 Å². The zero-order chi connectivity index (χ0) is 17.2. The first-order valence-corrected chi connectivity index (χ1v) is 9.49. The lowest BCUT2D eigenvalue weighted by molar-refractivity contribution is -0.135. The standard InChI is InChI=1S/C20H25N3O2/c24-19(23(16-10-11-16)15-6-2-1-3-7-15)12-13-22-14-21-18-9-5-4-8-17(18)20(22)25/h4-5,8-9,14-16H,1-3,6-7,10-13H2. The van der Waals surface area contributed by atoms with Crippen molar-refractivity contribution in [3.63, 3.8) is 0 Å². The number of amides is 1. The predicted octanol–water partition coefficient (Wildman–Crippen LogP) is 3.11. The van der Waals surface area contributed by atoms with Crippen molar-refractivity contribution in [2.75, 3.05) is 0 Å². The van der Waals surface area contributed by atoms with E-state index >= 15 is 0 Å². The SMILES string of the molecule is O=C(CCn1cnc2ccccc2c1=O)N(C1CCCCC1)C1CC1. The maximum Gasteiger partial charge on any atom is 0.261 e. The van der Waals surface area contributed by atoms with E-state index in [9.17, 15) is 9.59 Å². The van der Waals surface area contributed by atoms with Gasteiger partial charge in [-0.25, -0.2) is 4.98 Å². The van der Waals surface area contributed by atoms with Crippen LogP contribution in [-0.4, -0.2) is 32.4 Å². The summed E-state index contributed by atoms with van der Waals surface area (Å²) in [5.74, 6) is 0.203. The highest BCUT2D eigenvalue weighted by Crippen LogP contribution is 2.34. The second kappa shape index (κ2) is 6.98. The Morgan fingerprint density at radius 3 is 2.56 bits per heavy atom. The third-order valence-electron chi connectivity index (χ3n) is 5.49. The number of rotatable bonds is 5. The molecule has 5 nitrogen and oxygen atoms in total. The minimum atomic E-state index is -0.0611. The molecule has 2 aromatic rings. The van der Waals surface area contributed by atoms with Gasteiger partial charge in [0.2, 0.25) is 5.91 Å². The lowest BCUT2D eigenvalue weighted by Gasteiger charge is -2.34. The van der Waals surface area contributed by atoms with Crippen LogP contribution in [0.1, 0.15) is 51.4 Å². The number of benzene rings is 1. The van der Waals surface area contributed by atoms with Crippen LogP contribution in [0.5, 0.6) is 0 Å². The van der Waals surface area contributed by atoms with Gasteiger partial charge in [-0.1, -0.05) is 31.4 Å². The zero-order valence-electron chi connectivity index (χ0n) is 14.6. The van der Waals surface area contributed by atoms with Crippen LogP contribution in [0.15, 0.2) is 35.4 Å². The number of carbonyl (C=O) groups excluding carboxylic acids is 1. The van der Waals surface area contributed by atoms with Crippen LogP contribution in [0.4, 0.5) is 0 Å². The number of aryl methyl sites for hydroxylation is 1. The molecular formula is C20H25N3O2. The Bertz CT molecular complexity index is 819. The fourth-order valence-corrected chi connectivity index (χ4v) is 4.03. The monoisotopic (exact) mass is 339 g/mol. The second-order valence-corrected chi connectivity index (χ2v) is 7.33. The van der Waals surface area contributed by atoms with E-state index in [4.69, 9.17) is 0 Å². The molecule has 2 saturated carbocycles. The molecule has 25 heavy (non-hydrogen) atoms. The second-order valence-electron chi connectivity index (χ2n) is 7.33. The van der Waals surface area contributed by atoms with E-state index in [2.05, 4.69) is 9.88 Å². The van der Waals surface area contributed by atoms with Crippen LogP contribution in [0.2, 0.25) is 0 Å². The molecule has 2 aliphatic carbocycles. The third-order valence-corrected chi connectivity index (χ3v) is 5.49. The zero-order valence-corrected chi connectivity index (χ0v) is 14.6. The van der Waals surface area contributed by atoms with E-state index < -0.39 is 0 Å². The van der Waals surface area contributed by atoms with Crippen molar-refractivity contribution in [1.82, 2.24) is 14.5 Å². The lowest BCUT2D eigenvalue weighted by Crippen LogP contribution is -2.43. The van der Waals surface area contributed by atoms with Crippen molar-refractivity contribution in [2.24, 2.45) is 0 Å². The Morgan fingerprint density at radius 1 is 1.08 bits per heavy atom. The summed E-state index contributed by atoms with van der Waals surface area (Å²) in [7, 11) is 0. The van der Waals surface area contributed by atoms with Crippen molar-refractivity contribution in [3.05, 3.63) is 40.9 Å². The first kappa shape index (κ1) is 16.3. The molecule has 0 atom stereocenters. The van der Waals surface area contributed by atoms with Gasteiger partial charge in [0.05, 0.1) is 17.2 Å². The lowest BCUT2D eigenvalue weighted by atomic mass is 9.94. The maximum absolute atomic E-state index is 12.9. The predicted molar refractivity (Wildman–Crippen MR) is 97.4 cm³/mol. The topological polar surface area (TPSA) is 55.2 Å². The van der Waals surface area contributed by atoms with E-state index in [0.717, 1.165) is 25.7 Å². The molecule has 0 saturated heterocycles. The van der Waals surface area contributed by atoms with Crippen LogP contribution in [0.3, 0.4) is 0 Å². The smallest absolute Gasteiger partial charge is 0.261 e. The Hall–Kier alpha value is -2.17. The van der Waals surface area contributed by atoms with Crippen molar-refractivity contribution in [1.29, 1.82) is 0 Å².